The topological polar surface area (TPSA) is 58.8 Å². The zero-order valence-corrected chi connectivity index (χ0v) is 13.1. The SMILES string of the molecule is O=C([C@@H]1C[C@@H](F)CN1Cc1cnc(C2CC2)o1)N1CCOCC1. The molecule has 1 amide bonds. The molecule has 4 rings (SSSR count). The van der Waals surface area contributed by atoms with Crippen molar-refractivity contribution in [3.8, 4) is 0 Å². The number of aromatic nitrogens is 1. The Morgan fingerprint density at radius 2 is 2.13 bits per heavy atom. The average molecular weight is 323 g/mol. The van der Waals surface area contributed by atoms with E-state index in [0.29, 0.717) is 38.8 Å². The van der Waals surface area contributed by atoms with Crippen molar-refractivity contribution in [1.29, 1.82) is 0 Å². The molecule has 3 fully saturated rings. The highest BCUT2D eigenvalue weighted by Crippen LogP contribution is 2.39. The normalized spacial score (nSPS) is 29.2. The van der Waals surface area contributed by atoms with E-state index in [-0.39, 0.29) is 18.9 Å². The van der Waals surface area contributed by atoms with Gasteiger partial charge in [0.15, 0.2) is 5.89 Å². The van der Waals surface area contributed by atoms with Crippen LogP contribution in [-0.4, -0.2) is 65.8 Å². The number of hydrogen-bond donors (Lipinski definition) is 0. The van der Waals surface area contributed by atoms with Gasteiger partial charge in [0.25, 0.3) is 0 Å². The van der Waals surface area contributed by atoms with Gasteiger partial charge in [-0.25, -0.2) is 9.37 Å². The fraction of sp³-hybridized carbons (Fsp3) is 0.750. The second kappa shape index (κ2) is 6.20. The van der Waals surface area contributed by atoms with E-state index in [9.17, 15) is 9.18 Å². The number of carbonyl (C=O) groups is 1. The van der Waals surface area contributed by atoms with E-state index in [4.69, 9.17) is 9.15 Å². The maximum absolute atomic E-state index is 13.9. The van der Waals surface area contributed by atoms with Crippen LogP contribution in [0.25, 0.3) is 0 Å². The molecule has 1 saturated carbocycles. The molecule has 7 heteroatoms. The number of alkyl halides is 1. The van der Waals surface area contributed by atoms with Crippen LogP contribution in [0.15, 0.2) is 10.6 Å². The maximum atomic E-state index is 13.9. The molecule has 0 N–H and O–H groups in total. The third kappa shape index (κ3) is 3.26. The lowest BCUT2D eigenvalue weighted by Gasteiger charge is -2.32. The number of likely N-dealkylation sites (tertiary alicyclic amines) is 1. The van der Waals surface area contributed by atoms with Gasteiger partial charge in [-0.05, 0) is 12.8 Å². The van der Waals surface area contributed by atoms with Crippen LogP contribution >= 0.6 is 0 Å². The molecule has 0 aromatic carbocycles. The molecule has 1 aliphatic carbocycles. The minimum atomic E-state index is -0.962. The Kier molecular flexibility index (Phi) is 4.07. The van der Waals surface area contributed by atoms with Gasteiger partial charge in [-0.2, -0.15) is 0 Å². The summed E-state index contributed by atoms with van der Waals surface area (Å²) in [6.07, 6.45) is 3.29. The Balaban J connectivity index is 1.43. The van der Waals surface area contributed by atoms with Gasteiger partial charge in [-0.15, -0.1) is 0 Å². The Labute approximate surface area is 134 Å². The highest BCUT2D eigenvalue weighted by atomic mass is 19.1. The van der Waals surface area contributed by atoms with E-state index in [1.165, 1.54) is 0 Å². The average Bonchev–Trinajstić information content (AvgIpc) is 3.21. The predicted octanol–water partition coefficient (Wildman–Crippen LogP) is 1.32. The van der Waals surface area contributed by atoms with Crippen molar-refractivity contribution in [1.82, 2.24) is 14.8 Å². The lowest BCUT2D eigenvalue weighted by molar-refractivity contribution is -0.140. The number of rotatable bonds is 4. The van der Waals surface area contributed by atoms with Crippen molar-refractivity contribution in [2.75, 3.05) is 32.8 Å². The van der Waals surface area contributed by atoms with Crippen LogP contribution in [0.5, 0.6) is 0 Å². The smallest absolute Gasteiger partial charge is 0.240 e. The van der Waals surface area contributed by atoms with Gasteiger partial charge in [-0.1, -0.05) is 0 Å². The summed E-state index contributed by atoms with van der Waals surface area (Å²) < 4.78 is 25.0. The number of nitrogens with zero attached hydrogens (tertiary/aromatic N) is 3. The summed E-state index contributed by atoms with van der Waals surface area (Å²) in [5, 5.41) is 0. The Hall–Kier alpha value is -1.47. The minimum absolute atomic E-state index is 0.00961. The Morgan fingerprint density at radius 3 is 2.87 bits per heavy atom. The van der Waals surface area contributed by atoms with Crippen LogP contribution in [0.1, 0.15) is 36.8 Å². The lowest BCUT2D eigenvalue weighted by atomic mass is 10.1. The quantitative estimate of drug-likeness (QED) is 0.836. The molecule has 2 aliphatic heterocycles. The summed E-state index contributed by atoms with van der Waals surface area (Å²) in [5.74, 6) is 1.98. The van der Waals surface area contributed by atoms with Gasteiger partial charge in [-0.3, -0.25) is 9.69 Å². The third-order valence-electron chi connectivity index (χ3n) is 4.82. The fourth-order valence-corrected chi connectivity index (χ4v) is 3.39. The number of amides is 1. The number of hydrogen-bond acceptors (Lipinski definition) is 5. The van der Waals surface area contributed by atoms with E-state index in [0.717, 1.165) is 24.5 Å². The number of halogens is 1. The molecular weight excluding hydrogens is 301 g/mol. The van der Waals surface area contributed by atoms with Gasteiger partial charge in [0.05, 0.1) is 32.0 Å². The molecule has 1 aromatic heterocycles. The van der Waals surface area contributed by atoms with Crippen molar-refractivity contribution in [3.63, 3.8) is 0 Å². The first-order valence-corrected chi connectivity index (χ1v) is 8.40. The first kappa shape index (κ1) is 15.1. The molecule has 6 nitrogen and oxygen atoms in total. The van der Waals surface area contributed by atoms with Crippen molar-refractivity contribution >= 4 is 5.91 Å². The standard InChI is InChI=1S/C16H22FN3O3/c17-12-7-14(16(21)19-3-5-22-6-4-19)20(9-12)10-13-8-18-15(23-13)11-1-2-11/h8,11-12,14H,1-7,9-10H2/t12-,14+/m1/s1. The molecule has 0 radical (unpaired) electrons. The Bertz CT molecular complexity index is 569. The molecule has 2 saturated heterocycles. The molecule has 0 bridgehead atoms. The van der Waals surface area contributed by atoms with Gasteiger partial charge in [0.2, 0.25) is 5.91 Å². The van der Waals surface area contributed by atoms with Crippen LogP contribution < -0.4 is 0 Å². The molecule has 23 heavy (non-hydrogen) atoms. The molecule has 3 heterocycles. The Morgan fingerprint density at radius 1 is 1.35 bits per heavy atom. The summed E-state index contributed by atoms with van der Waals surface area (Å²) in [6.45, 7) is 3.03. The van der Waals surface area contributed by atoms with E-state index in [1.807, 2.05) is 4.90 Å². The predicted molar refractivity (Wildman–Crippen MR) is 79.6 cm³/mol. The van der Waals surface area contributed by atoms with Gasteiger partial charge in [0.1, 0.15) is 11.9 Å². The maximum Gasteiger partial charge on any atom is 0.240 e. The van der Waals surface area contributed by atoms with Gasteiger partial charge < -0.3 is 14.1 Å². The monoisotopic (exact) mass is 323 g/mol. The van der Waals surface area contributed by atoms with Crippen LogP contribution in [0.2, 0.25) is 0 Å². The second-order valence-electron chi connectivity index (χ2n) is 6.65. The minimum Gasteiger partial charge on any atom is -0.444 e. The molecule has 126 valence electrons. The number of oxazole rings is 1. The number of carbonyl (C=O) groups excluding carboxylic acids is 1. The number of ether oxygens (including phenoxy) is 1. The van der Waals surface area contributed by atoms with Gasteiger partial charge in [0, 0.05) is 32.0 Å². The molecule has 2 atom stereocenters. The van der Waals surface area contributed by atoms with Crippen LogP contribution in [0, 0.1) is 0 Å². The summed E-state index contributed by atoms with van der Waals surface area (Å²) >= 11 is 0. The highest BCUT2D eigenvalue weighted by molar-refractivity contribution is 5.82. The van der Waals surface area contributed by atoms with Gasteiger partial charge >= 0.3 is 0 Å². The molecule has 1 aromatic rings. The van der Waals surface area contributed by atoms with Crippen molar-refractivity contribution in [3.05, 3.63) is 17.8 Å². The van der Waals surface area contributed by atoms with Crippen LogP contribution in [-0.2, 0) is 16.1 Å². The molecule has 0 spiro atoms. The second-order valence-corrected chi connectivity index (χ2v) is 6.65. The molecular formula is C16H22FN3O3. The highest BCUT2D eigenvalue weighted by Gasteiger charge is 2.40. The summed E-state index contributed by atoms with van der Waals surface area (Å²) in [7, 11) is 0. The van der Waals surface area contributed by atoms with Crippen LogP contribution in [0.3, 0.4) is 0 Å². The van der Waals surface area contributed by atoms with E-state index >= 15 is 0 Å². The van der Waals surface area contributed by atoms with Crippen molar-refractivity contribution < 1.29 is 18.3 Å². The summed E-state index contributed by atoms with van der Waals surface area (Å²) in [5.41, 5.74) is 0. The first-order chi connectivity index (χ1) is 11.2. The van der Waals surface area contributed by atoms with E-state index < -0.39 is 12.2 Å². The summed E-state index contributed by atoms with van der Waals surface area (Å²) in [6, 6.07) is -0.405. The zero-order valence-electron chi connectivity index (χ0n) is 13.1. The van der Waals surface area contributed by atoms with Crippen molar-refractivity contribution in [2.24, 2.45) is 0 Å². The zero-order chi connectivity index (χ0) is 15.8. The molecule has 3 aliphatic rings. The third-order valence-corrected chi connectivity index (χ3v) is 4.82. The summed E-state index contributed by atoms with van der Waals surface area (Å²) in [4.78, 5) is 20.7. The lowest BCUT2D eigenvalue weighted by Crippen LogP contribution is -2.49. The van der Waals surface area contributed by atoms with Crippen molar-refractivity contribution in [2.45, 2.75) is 43.9 Å². The molecule has 0 unspecified atom stereocenters. The number of morpholine rings is 1. The van der Waals surface area contributed by atoms with Crippen LogP contribution in [0.4, 0.5) is 4.39 Å². The first-order valence-electron chi connectivity index (χ1n) is 8.40. The van der Waals surface area contributed by atoms with E-state index in [2.05, 4.69) is 4.98 Å². The largest absolute Gasteiger partial charge is 0.444 e. The van der Waals surface area contributed by atoms with E-state index in [1.54, 1.807) is 11.1 Å². The fourth-order valence-electron chi connectivity index (χ4n) is 3.39.